The van der Waals surface area contributed by atoms with Crippen LogP contribution in [0.3, 0.4) is 0 Å². The molecule has 1 aromatic rings. The summed E-state index contributed by atoms with van der Waals surface area (Å²) in [6, 6.07) is 2.65. The summed E-state index contributed by atoms with van der Waals surface area (Å²) in [4.78, 5) is 0. The molecule has 2 nitrogen and oxygen atoms in total. The fraction of sp³-hybridized carbons (Fsp3) is 0.692. The molecule has 2 heteroatoms. The minimum Gasteiger partial charge on any atom is -0.469 e. The second kappa shape index (κ2) is 4.84. The largest absolute Gasteiger partial charge is 0.469 e. The predicted molar refractivity (Wildman–Crippen MR) is 61.8 cm³/mol. The van der Waals surface area contributed by atoms with Gasteiger partial charge < -0.3 is 9.73 Å². The molecule has 1 unspecified atom stereocenters. The van der Waals surface area contributed by atoms with Gasteiger partial charge in [-0.25, -0.2) is 0 Å². The third-order valence-corrected chi connectivity index (χ3v) is 3.47. The summed E-state index contributed by atoms with van der Waals surface area (Å²) < 4.78 is 5.40. The Morgan fingerprint density at radius 3 is 2.80 bits per heavy atom. The molecule has 1 heterocycles. The van der Waals surface area contributed by atoms with E-state index in [-0.39, 0.29) is 0 Å². The number of rotatable bonds is 5. The summed E-state index contributed by atoms with van der Waals surface area (Å²) in [6.45, 7) is 5.38. The fourth-order valence-corrected chi connectivity index (χ4v) is 2.32. The molecule has 1 aromatic heterocycles. The Balaban J connectivity index is 2.07. The highest BCUT2D eigenvalue weighted by molar-refractivity contribution is 5.21. The van der Waals surface area contributed by atoms with Gasteiger partial charge in [0, 0.05) is 11.6 Å². The van der Waals surface area contributed by atoms with E-state index in [1.165, 1.54) is 31.2 Å². The van der Waals surface area contributed by atoms with E-state index in [4.69, 9.17) is 4.42 Å². The van der Waals surface area contributed by atoms with Crippen LogP contribution in [0.5, 0.6) is 0 Å². The van der Waals surface area contributed by atoms with Crippen molar-refractivity contribution in [2.75, 3.05) is 6.54 Å². The molecule has 1 aliphatic carbocycles. The van der Waals surface area contributed by atoms with Crippen molar-refractivity contribution in [3.63, 3.8) is 0 Å². The van der Waals surface area contributed by atoms with Gasteiger partial charge in [0.05, 0.1) is 6.26 Å². The molecule has 0 aliphatic heterocycles. The number of hydrogen-bond acceptors (Lipinski definition) is 2. The summed E-state index contributed by atoms with van der Waals surface area (Å²) in [7, 11) is 0. The average Bonchev–Trinajstić information content (AvgIpc) is 2.55. The molecule has 84 valence electrons. The Morgan fingerprint density at radius 2 is 2.33 bits per heavy atom. The monoisotopic (exact) mass is 207 g/mol. The van der Waals surface area contributed by atoms with Gasteiger partial charge in [0.1, 0.15) is 5.76 Å². The summed E-state index contributed by atoms with van der Waals surface area (Å²) in [5.41, 5.74) is 1.37. The van der Waals surface area contributed by atoms with E-state index in [1.807, 2.05) is 6.26 Å². The smallest absolute Gasteiger partial charge is 0.105 e. The molecule has 15 heavy (non-hydrogen) atoms. The average molecular weight is 207 g/mol. The van der Waals surface area contributed by atoms with Gasteiger partial charge in [0.2, 0.25) is 0 Å². The molecule has 1 fully saturated rings. The Kier molecular flexibility index (Phi) is 3.47. The van der Waals surface area contributed by atoms with Crippen LogP contribution >= 0.6 is 0 Å². The fourth-order valence-electron chi connectivity index (χ4n) is 2.32. The number of hydrogen-bond donors (Lipinski definition) is 1. The van der Waals surface area contributed by atoms with Crippen molar-refractivity contribution in [2.24, 2.45) is 5.92 Å². The van der Waals surface area contributed by atoms with E-state index in [2.05, 4.69) is 25.2 Å². The van der Waals surface area contributed by atoms with E-state index in [0.29, 0.717) is 6.04 Å². The number of furan rings is 1. The molecule has 0 radical (unpaired) electrons. The van der Waals surface area contributed by atoms with Crippen LogP contribution in [-0.4, -0.2) is 6.54 Å². The quantitative estimate of drug-likeness (QED) is 0.800. The highest BCUT2D eigenvalue weighted by Gasteiger charge is 2.29. The van der Waals surface area contributed by atoms with Crippen molar-refractivity contribution in [3.8, 4) is 0 Å². The first-order chi connectivity index (χ1) is 7.33. The maximum absolute atomic E-state index is 5.40. The zero-order valence-electron chi connectivity index (χ0n) is 9.75. The number of nitrogens with one attached hydrogen (secondary N) is 1. The Labute approximate surface area is 92.1 Å². The van der Waals surface area contributed by atoms with Crippen molar-refractivity contribution in [2.45, 2.75) is 45.6 Å². The molecule has 0 saturated heterocycles. The van der Waals surface area contributed by atoms with Gasteiger partial charge in [0.25, 0.3) is 0 Å². The van der Waals surface area contributed by atoms with Crippen LogP contribution < -0.4 is 5.32 Å². The van der Waals surface area contributed by atoms with Crippen LogP contribution in [0.15, 0.2) is 16.7 Å². The first-order valence-corrected chi connectivity index (χ1v) is 6.10. The van der Waals surface area contributed by atoms with E-state index < -0.39 is 0 Å². The molecule has 1 aliphatic rings. The van der Waals surface area contributed by atoms with Crippen LogP contribution in [0, 0.1) is 12.8 Å². The summed E-state index contributed by atoms with van der Waals surface area (Å²) in [5.74, 6) is 1.91. The lowest BCUT2D eigenvalue weighted by atomic mass is 9.77. The topological polar surface area (TPSA) is 25.2 Å². The van der Waals surface area contributed by atoms with Crippen molar-refractivity contribution < 1.29 is 4.42 Å². The lowest BCUT2D eigenvalue weighted by Gasteiger charge is -2.34. The third kappa shape index (κ3) is 2.25. The van der Waals surface area contributed by atoms with E-state index >= 15 is 0 Å². The molecule has 1 saturated carbocycles. The first kappa shape index (κ1) is 10.7. The summed E-state index contributed by atoms with van der Waals surface area (Å²) in [5, 5.41) is 3.65. The maximum Gasteiger partial charge on any atom is 0.105 e. The lowest BCUT2D eigenvalue weighted by Crippen LogP contribution is -2.32. The Bertz CT molecular complexity index is 301. The number of aryl methyl sites for hydroxylation is 1. The van der Waals surface area contributed by atoms with Crippen molar-refractivity contribution in [1.82, 2.24) is 5.32 Å². The SMILES string of the molecule is CCCNC(c1ccoc1C)C1CCC1. The maximum atomic E-state index is 5.40. The second-order valence-electron chi connectivity index (χ2n) is 4.55. The highest BCUT2D eigenvalue weighted by Crippen LogP contribution is 2.38. The molecular weight excluding hydrogens is 186 g/mol. The van der Waals surface area contributed by atoms with Gasteiger partial charge in [-0.05, 0) is 44.7 Å². The van der Waals surface area contributed by atoms with Gasteiger partial charge >= 0.3 is 0 Å². The normalized spacial score (nSPS) is 18.8. The van der Waals surface area contributed by atoms with Crippen molar-refractivity contribution in [1.29, 1.82) is 0 Å². The summed E-state index contributed by atoms with van der Waals surface area (Å²) in [6.07, 6.45) is 7.13. The molecule has 0 amide bonds. The zero-order valence-corrected chi connectivity index (χ0v) is 9.75. The predicted octanol–water partition coefficient (Wildman–Crippen LogP) is 3.43. The van der Waals surface area contributed by atoms with E-state index in [9.17, 15) is 0 Å². The zero-order chi connectivity index (χ0) is 10.7. The molecule has 1 N–H and O–H groups in total. The molecule has 0 spiro atoms. The van der Waals surface area contributed by atoms with Crippen LogP contribution in [0.2, 0.25) is 0 Å². The minimum absolute atomic E-state index is 0.525. The van der Waals surface area contributed by atoms with Crippen LogP contribution in [0.25, 0.3) is 0 Å². The lowest BCUT2D eigenvalue weighted by molar-refractivity contribution is 0.229. The van der Waals surface area contributed by atoms with Gasteiger partial charge in [0.15, 0.2) is 0 Å². The van der Waals surface area contributed by atoms with Crippen LogP contribution in [-0.2, 0) is 0 Å². The first-order valence-electron chi connectivity index (χ1n) is 6.10. The Morgan fingerprint density at radius 1 is 1.53 bits per heavy atom. The van der Waals surface area contributed by atoms with E-state index in [1.54, 1.807) is 0 Å². The standard InChI is InChI=1S/C13H21NO/c1-3-8-14-13(11-5-4-6-11)12-7-9-15-10(12)2/h7,9,11,13-14H,3-6,8H2,1-2H3. The molecule has 0 bridgehead atoms. The third-order valence-electron chi connectivity index (χ3n) is 3.47. The minimum atomic E-state index is 0.525. The van der Waals surface area contributed by atoms with Crippen molar-refractivity contribution in [3.05, 3.63) is 23.7 Å². The van der Waals surface area contributed by atoms with Gasteiger partial charge in [-0.1, -0.05) is 13.3 Å². The van der Waals surface area contributed by atoms with Crippen LogP contribution in [0.4, 0.5) is 0 Å². The van der Waals surface area contributed by atoms with Gasteiger partial charge in [-0.3, -0.25) is 0 Å². The van der Waals surface area contributed by atoms with E-state index in [0.717, 1.165) is 18.2 Å². The molecule has 2 rings (SSSR count). The van der Waals surface area contributed by atoms with Crippen LogP contribution in [0.1, 0.15) is 50.0 Å². The van der Waals surface area contributed by atoms with Gasteiger partial charge in [-0.2, -0.15) is 0 Å². The molecular formula is C13H21NO. The Hall–Kier alpha value is -0.760. The highest BCUT2D eigenvalue weighted by atomic mass is 16.3. The second-order valence-corrected chi connectivity index (χ2v) is 4.55. The van der Waals surface area contributed by atoms with Gasteiger partial charge in [-0.15, -0.1) is 0 Å². The molecule has 1 atom stereocenters. The van der Waals surface area contributed by atoms with Crippen molar-refractivity contribution >= 4 is 0 Å². The summed E-state index contributed by atoms with van der Waals surface area (Å²) >= 11 is 0. The molecule has 0 aromatic carbocycles.